The van der Waals surface area contributed by atoms with Gasteiger partial charge in [0, 0.05) is 5.69 Å². The molecule has 0 saturated carbocycles. The Morgan fingerprint density at radius 1 is 1.04 bits per heavy atom. The number of anilines is 1. The van der Waals surface area contributed by atoms with Crippen molar-refractivity contribution in [1.29, 1.82) is 0 Å². The molecule has 2 rings (SSSR count). The van der Waals surface area contributed by atoms with Crippen molar-refractivity contribution in [2.45, 2.75) is 26.1 Å². The zero-order valence-electron chi connectivity index (χ0n) is 15.1. The number of rotatable bonds is 6. The SMILES string of the molecule is CNS(=O)(=O)Cc1ccc(CN=C(N)Nc2cc(C)cc(C)c2)cc1.I. The Balaban J connectivity index is 0.00000338. The van der Waals surface area contributed by atoms with E-state index in [1.165, 1.54) is 7.05 Å². The lowest BCUT2D eigenvalue weighted by atomic mass is 10.1. The molecule has 0 saturated heterocycles. The summed E-state index contributed by atoms with van der Waals surface area (Å²) < 4.78 is 25.4. The van der Waals surface area contributed by atoms with Gasteiger partial charge in [-0.1, -0.05) is 30.3 Å². The molecule has 2 aromatic carbocycles. The summed E-state index contributed by atoms with van der Waals surface area (Å²) in [5.41, 5.74) is 10.8. The van der Waals surface area contributed by atoms with Crippen molar-refractivity contribution < 1.29 is 8.42 Å². The zero-order valence-corrected chi connectivity index (χ0v) is 18.3. The summed E-state index contributed by atoms with van der Waals surface area (Å²) >= 11 is 0. The number of aliphatic imine (C=N–C) groups is 1. The molecule has 0 aliphatic heterocycles. The van der Waals surface area contributed by atoms with Crippen molar-refractivity contribution in [2.75, 3.05) is 12.4 Å². The van der Waals surface area contributed by atoms with Crippen LogP contribution in [0.15, 0.2) is 47.5 Å². The smallest absolute Gasteiger partial charge is 0.215 e. The molecule has 6 nitrogen and oxygen atoms in total. The van der Waals surface area contributed by atoms with Crippen LogP contribution in [0.5, 0.6) is 0 Å². The van der Waals surface area contributed by atoms with E-state index >= 15 is 0 Å². The average Bonchev–Trinajstić information content (AvgIpc) is 2.53. The highest BCUT2D eigenvalue weighted by Gasteiger charge is 2.08. The monoisotopic (exact) mass is 488 g/mol. The molecule has 26 heavy (non-hydrogen) atoms. The lowest BCUT2D eigenvalue weighted by molar-refractivity contribution is 0.587. The number of aryl methyl sites for hydroxylation is 2. The largest absolute Gasteiger partial charge is 0.370 e. The summed E-state index contributed by atoms with van der Waals surface area (Å²) in [5.74, 6) is 0.301. The third-order valence-corrected chi connectivity index (χ3v) is 4.95. The van der Waals surface area contributed by atoms with E-state index in [1.54, 1.807) is 12.1 Å². The number of nitrogens with zero attached hydrogens (tertiary/aromatic N) is 1. The summed E-state index contributed by atoms with van der Waals surface area (Å²) in [6, 6.07) is 13.4. The molecule has 0 aliphatic carbocycles. The molecule has 0 aromatic heterocycles. The highest BCUT2D eigenvalue weighted by Crippen LogP contribution is 2.13. The van der Waals surface area contributed by atoms with Gasteiger partial charge in [0.25, 0.3) is 0 Å². The summed E-state index contributed by atoms with van der Waals surface area (Å²) in [5, 5.41) is 3.08. The van der Waals surface area contributed by atoms with Crippen LogP contribution in [0.3, 0.4) is 0 Å². The number of halogens is 1. The molecule has 8 heteroatoms. The second-order valence-electron chi connectivity index (χ2n) is 5.98. The molecular formula is C18H25IN4O2S. The van der Waals surface area contributed by atoms with Gasteiger partial charge in [0.1, 0.15) is 0 Å². The minimum Gasteiger partial charge on any atom is -0.370 e. The Labute approximate surface area is 172 Å². The van der Waals surface area contributed by atoms with Crippen LogP contribution in [0.2, 0.25) is 0 Å². The fourth-order valence-corrected chi connectivity index (χ4v) is 3.22. The lowest BCUT2D eigenvalue weighted by Gasteiger charge is -2.08. The van der Waals surface area contributed by atoms with Gasteiger partial charge in [-0.2, -0.15) is 0 Å². The van der Waals surface area contributed by atoms with Gasteiger partial charge in [-0.25, -0.2) is 18.1 Å². The zero-order chi connectivity index (χ0) is 18.4. The molecular weight excluding hydrogens is 463 g/mol. The summed E-state index contributed by atoms with van der Waals surface area (Å²) in [6.45, 7) is 4.48. The summed E-state index contributed by atoms with van der Waals surface area (Å²) in [4.78, 5) is 4.32. The second kappa shape index (κ2) is 9.89. The van der Waals surface area contributed by atoms with E-state index in [2.05, 4.69) is 21.1 Å². The van der Waals surface area contributed by atoms with Gasteiger partial charge >= 0.3 is 0 Å². The predicted octanol–water partition coefficient (Wildman–Crippen LogP) is 2.90. The van der Waals surface area contributed by atoms with Gasteiger partial charge in [0.15, 0.2) is 5.96 Å². The molecule has 142 valence electrons. The van der Waals surface area contributed by atoms with E-state index in [0.29, 0.717) is 12.5 Å². The van der Waals surface area contributed by atoms with Crippen LogP contribution in [0.4, 0.5) is 5.69 Å². The third-order valence-electron chi connectivity index (χ3n) is 3.62. The average molecular weight is 488 g/mol. The number of nitrogens with two attached hydrogens (primary N) is 1. The fourth-order valence-electron chi connectivity index (χ4n) is 2.44. The quantitative estimate of drug-likeness (QED) is 0.331. The molecule has 0 fully saturated rings. The van der Waals surface area contributed by atoms with E-state index in [9.17, 15) is 8.42 Å². The number of hydrogen-bond donors (Lipinski definition) is 3. The van der Waals surface area contributed by atoms with E-state index < -0.39 is 10.0 Å². The first-order chi connectivity index (χ1) is 11.8. The van der Waals surface area contributed by atoms with Crippen LogP contribution in [0, 0.1) is 13.8 Å². The maximum absolute atomic E-state index is 11.5. The number of hydrogen-bond acceptors (Lipinski definition) is 3. The molecule has 2 aromatic rings. The van der Waals surface area contributed by atoms with Crippen LogP contribution in [0.25, 0.3) is 0 Å². The van der Waals surface area contributed by atoms with Crippen molar-refractivity contribution in [3.05, 3.63) is 64.7 Å². The van der Waals surface area contributed by atoms with Crippen molar-refractivity contribution in [3.8, 4) is 0 Å². The van der Waals surface area contributed by atoms with Crippen LogP contribution >= 0.6 is 24.0 Å². The normalized spacial score (nSPS) is 11.7. The Bertz CT molecular complexity index is 845. The van der Waals surface area contributed by atoms with Gasteiger partial charge in [0.05, 0.1) is 12.3 Å². The Hall–Kier alpha value is -1.65. The molecule has 0 spiro atoms. The van der Waals surface area contributed by atoms with Crippen LogP contribution < -0.4 is 15.8 Å². The minimum absolute atomic E-state index is 0. The standard InChI is InChI=1S/C18H24N4O2S.HI/c1-13-8-14(2)10-17(9-13)22-18(19)21-11-15-4-6-16(7-5-15)12-25(23,24)20-3;/h4-10,20H,11-12H2,1-3H3,(H3,19,21,22);1H. The Morgan fingerprint density at radius 3 is 2.12 bits per heavy atom. The van der Waals surface area contributed by atoms with Gasteiger partial charge in [-0.15, -0.1) is 24.0 Å². The van der Waals surface area contributed by atoms with Crippen molar-refractivity contribution in [2.24, 2.45) is 10.7 Å². The number of guanidine groups is 1. The third kappa shape index (κ3) is 7.30. The van der Waals surface area contributed by atoms with Crippen LogP contribution in [0.1, 0.15) is 22.3 Å². The summed E-state index contributed by atoms with van der Waals surface area (Å²) in [6.07, 6.45) is 0. The predicted molar refractivity (Wildman–Crippen MR) is 118 cm³/mol. The van der Waals surface area contributed by atoms with Gasteiger partial charge in [-0.05, 0) is 55.3 Å². The second-order valence-corrected chi connectivity index (χ2v) is 7.91. The minimum atomic E-state index is -3.26. The van der Waals surface area contributed by atoms with Gasteiger partial charge < -0.3 is 11.1 Å². The lowest BCUT2D eigenvalue weighted by Crippen LogP contribution is -2.22. The molecule has 0 unspecified atom stereocenters. The number of nitrogens with one attached hydrogen (secondary N) is 2. The van der Waals surface area contributed by atoms with E-state index in [0.717, 1.165) is 27.9 Å². The van der Waals surface area contributed by atoms with Crippen molar-refractivity contribution >= 4 is 45.6 Å². The molecule has 0 amide bonds. The maximum atomic E-state index is 11.5. The summed E-state index contributed by atoms with van der Waals surface area (Å²) in [7, 11) is -1.85. The highest BCUT2D eigenvalue weighted by atomic mass is 127. The topological polar surface area (TPSA) is 96.6 Å². The van der Waals surface area contributed by atoms with E-state index in [-0.39, 0.29) is 29.7 Å². The molecule has 4 N–H and O–H groups in total. The van der Waals surface area contributed by atoms with Gasteiger partial charge in [-0.3, -0.25) is 0 Å². The van der Waals surface area contributed by atoms with Gasteiger partial charge in [0.2, 0.25) is 10.0 Å². The van der Waals surface area contributed by atoms with Crippen LogP contribution in [-0.4, -0.2) is 21.4 Å². The molecule has 0 aliphatic rings. The first-order valence-electron chi connectivity index (χ1n) is 7.92. The molecule has 0 heterocycles. The van der Waals surface area contributed by atoms with Crippen LogP contribution in [-0.2, 0) is 22.3 Å². The number of sulfonamides is 1. The van der Waals surface area contributed by atoms with E-state index in [4.69, 9.17) is 5.73 Å². The number of benzene rings is 2. The molecule has 0 bridgehead atoms. The van der Waals surface area contributed by atoms with Crippen molar-refractivity contribution in [3.63, 3.8) is 0 Å². The van der Waals surface area contributed by atoms with E-state index in [1.807, 2.05) is 38.1 Å². The molecule has 0 atom stereocenters. The maximum Gasteiger partial charge on any atom is 0.215 e. The first-order valence-corrected chi connectivity index (χ1v) is 9.57. The van der Waals surface area contributed by atoms with Crippen molar-refractivity contribution in [1.82, 2.24) is 4.72 Å². The first kappa shape index (κ1) is 22.4. The highest BCUT2D eigenvalue weighted by molar-refractivity contribution is 14.0. The molecule has 0 radical (unpaired) electrons. The Kier molecular flexibility index (Phi) is 8.51. The fraction of sp³-hybridized carbons (Fsp3) is 0.278. The Morgan fingerprint density at radius 2 is 1.58 bits per heavy atom.